The van der Waals surface area contributed by atoms with Gasteiger partial charge in [-0.05, 0) is 42.5 Å². The Bertz CT molecular complexity index is 1830. The summed E-state index contributed by atoms with van der Waals surface area (Å²) in [4.78, 5) is 32.3. The molecule has 3 heterocycles. The molecule has 0 atom stereocenters. The highest BCUT2D eigenvalue weighted by Crippen LogP contribution is 2.35. The number of ether oxygens (including phenoxy) is 3. The minimum atomic E-state index is -0.905. The third-order valence-electron chi connectivity index (χ3n) is 5.72. The van der Waals surface area contributed by atoms with Crippen molar-refractivity contribution in [1.82, 2.24) is 24.3 Å². The van der Waals surface area contributed by atoms with Crippen LogP contribution in [0.25, 0.3) is 28.1 Å². The van der Waals surface area contributed by atoms with Crippen molar-refractivity contribution in [3.63, 3.8) is 0 Å². The molecule has 0 radical (unpaired) electrons. The number of methoxy groups -OCH3 is 3. The second-order valence-corrected chi connectivity index (χ2v) is 7.77. The normalized spacial score (nSPS) is 10.9. The molecule has 0 aliphatic rings. The molecule has 0 bridgehead atoms. The summed E-state index contributed by atoms with van der Waals surface area (Å²) < 4.78 is 18.3. The van der Waals surface area contributed by atoms with Crippen LogP contribution in [0.5, 0.6) is 17.2 Å². The number of hydrogen-bond acceptors (Lipinski definition) is 10. The fraction of sp³-hybridized carbons (Fsp3) is 0.125. The Kier molecular flexibility index (Phi) is 5.61. The van der Waals surface area contributed by atoms with Crippen molar-refractivity contribution in [2.24, 2.45) is 0 Å². The van der Waals surface area contributed by atoms with Gasteiger partial charge in [0.05, 0.1) is 32.7 Å². The van der Waals surface area contributed by atoms with Gasteiger partial charge < -0.3 is 19.9 Å². The fourth-order valence-corrected chi connectivity index (χ4v) is 3.97. The summed E-state index contributed by atoms with van der Waals surface area (Å²) >= 11 is 0. The molecule has 37 heavy (non-hydrogen) atoms. The van der Waals surface area contributed by atoms with E-state index in [4.69, 9.17) is 19.9 Å². The number of aromatic amines is 1. The summed E-state index contributed by atoms with van der Waals surface area (Å²) in [6.45, 7) is 0. The molecule has 0 saturated carbocycles. The van der Waals surface area contributed by atoms with E-state index < -0.39 is 11.1 Å². The summed E-state index contributed by atoms with van der Waals surface area (Å²) in [5, 5.41) is 14.4. The molecular formula is C24H20N8O5. The number of nitrogens with two attached hydrogens (primary N) is 1. The Balaban J connectivity index is 1.84. The van der Waals surface area contributed by atoms with Crippen molar-refractivity contribution in [3.05, 3.63) is 68.7 Å². The average molecular weight is 500 g/mol. The van der Waals surface area contributed by atoms with Gasteiger partial charge in [-0.15, -0.1) is 5.10 Å². The van der Waals surface area contributed by atoms with E-state index >= 15 is 0 Å². The van der Waals surface area contributed by atoms with Crippen LogP contribution in [0, 0.1) is 11.3 Å². The lowest BCUT2D eigenvalue weighted by Gasteiger charge is -2.13. The molecule has 0 unspecified atom stereocenters. The van der Waals surface area contributed by atoms with E-state index in [1.807, 2.05) is 0 Å². The highest BCUT2D eigenvalue weighted by Gasteiger charge is 2.23. The number of fused-ring (bicyclic) bond motifs is 3. The van der Waals surface area contributed by atoms with Gasteiger partial charge in [0.15, 0.2) is 28.3 Å². The minimum absolute atomic E-state index is 0.0480. The van der Waals surface area contributed by atoms with E-state index in [9.17, 15) is 14.9 Å². The zero-order chi connectivity index (χ0) is 26.3. The minimum Gasteiger partial charge on any atom is -0.497 e. The maximum Gasteiger partial charge on any atom is 0.335 e. The second-order valence-electron chi connectivity index (χ2n) is 7.77. The first-order valence-corrected chi connectivity index (χ1v) is 10.8. The van der Waals surface area contributed by atoms with Crippen LogP contribution in [0.2, 0.25) is 0 Å². The van der Waals surface area contributed by atoms with Gasteiger partial charge in [-0.1, -0.05) is 0 Å². The van der Waals surface area contributed by atoms with Crippen molar-refractivity contribution in [2.75, 3.05) is 32.5 Å². The van der Waals surface area contributed by atoms with Crippen LogP contribution < -0.4 is 36.5 Å². The van der Waals surface area contributed by atoms with Crippen LogP contribution in [0.1, 0.15) is 5.56 Å². The highest BCUT2D eigenvalue weighted by molar-refractivity contribution is 5.90. The highest BCUT2D eigenvalue weighted by atomic mass is 16.5. The van der Waals surface area contributed by atoms with Crippen molar-refractivity contribution in [1.29, 1.82) is 5.26 Å². The molecule has 3 aromatic heterocycles. The van der Waals surface area contributed by atoms with Gasteiger partial charge in [0.1, 0.15) is 23.2 Å². The molecule has 2 aromatic carbocycles. The molecule has 13 nitrogen and oxygen atoms in total. The zero-order valence-electron chi connectivity index (χ0n) is 19.9. The van der Waals surface area contributed by atoms with E-state index in [1.165, 1.54) is 25.8 Å². The smallest absolute Gasteiger partial charge is 0.335 e. The Morgan fingerprint density at radius 2 is 1.76 bits per heavy atom. The number of H-pyrrole nitrogens is 1. The molecule has 13 heteroatoms. The molecule has 0 spiro atoms. The zero-order valence-corrected chi connectivity index (χ0v) is 19.9. The molecule has 0 aliphatic carbocycles. The lowest BCUT2D eigenvalue weighted by atomic mass is 10.1. The third kappa shape index (κ3) is 3.73. The largest absolute Gasteiger partial charge is 0.497 e. The van der Waals surface area contributed by atoms with Gasteiger partial charge in [-0.3, -0.25) is 20.0 Å². The lowest BCUT2D eigenvalue weighted by molar-refractivity contribution is 0.355. The first-order chi connectivity index (χ1) is 17.9. The van der Waals surface area contributed by atoms with E-state index in [0.29, 0.717) is 28.5 Å². The maximum atomic E-state index is 12.9. The summed E-state index contributed by atoms with van der Waals surface area (Å²) in [5.74, 6) is 1.42. The molecule has 0 aliphatic heterocycles. The molecule has 0 amide bonds. The Morgan fingerprint density at radius 3 is 2.41 bits per heavy atom. The number of hydrogen-bond donors (Lipinski definition) is 3. The monoisotopic (exact) mass is 500 g/mol. The fourth-order valence-electron chi connectivity index (χ4n) is 3.97. The quantitative estimate of drug-likeness (QED) is 0.291. The number of anilines is 2. The van der Waals surface area contributed by atoms with Crippen molar-refractivity contribution in [2.45, 2.75) is 0 Å². The van der Waals surface area contributed by atoms with Crippen LogP contribution >= 0.6 is 0 Å². The molecule has 4 N–H and O–H groups in total. The molecular weight excluding hydrogens is 480 g/mol. The third-order valence-corrected chi connectivity index (χ3v) is 5.72. The lowest BCUT2D eigenvalue weighted by Crippen LogP contribution is -2.39. The van der Waals surface area contributed by atoms with Crippen LogP contribution in [0.15, 0.2) is 52.1 Å². The van der Waals surface area contributed by atoms with Crippen molar-refractivity contribution < 1.29 is 14.2 Å². The molecule has 5 rings (SSSR count). The number of rotatable bonds is 6. The number of nitrogens with one attached hydrogen (secondary N) is 2. The molecule has 0 fully saturated rings. The summed E-state index contributed by atoms with van der Waals surface area (Å²) in [6, 6.07) is 13.8. The Hall–Kier alpha value is -5.51. The summed E-state index contributed by atoms with van der Waals surface area (Å²) in [6.07, 6.45) is 0. The molecule has 186 valence electrons. The first-order valence-electron chi connectivity index (χ1n) is 10.8. The topological polar surface area (TPSA) is 175 Å². The van der Waals surface area contributed by atoms with Crippen LogP contribution in [0.3, 0.4) is 0 Å². The maximum absolute atomic E-state index is 12.9. The first kappa shape index (κ1) is 23.2. The van der Waals surface area contributed by atoms with E-state index in [2.05, 4.69) is 26.6 Å². The van der Waals surface area contributed by atoms with Crippen molar-refractivity contribution >= 4 is 28.3 Å². The number of nitrogens with zero attached hydrogens (tertiary/aromatic N) is 5. The Labute approximate surface area is 208 Å². The van der Waals surface area contributed by atoms with E-state index in [-0.39, 0.29) is 33.9 Å². The Morgan fingerprint density at radius 1 is 1.03 bits per heavy atom. The van der Waals surface area contributed by atoms with E-state index in [0.717, 1.165) is 4.68 Å². The molecule has 5 aromatic rings. The van der Waals surface area contributed by atoms with Crippen molar-refractivity contribution in [3.8, 4) is 34.6 Å². The summed E-state index contributed by atoms with van der Waals surface area (Å²) in [7, 11) is 4.53. The van der Waals surface area contributed by atoms with Gasteiger partial charge in [0, 0.05) is 5.56 Å². The molecule has 0 saturated heterocycles. The second kappa shape index (κ2) is 8.93. The van der Waals surface area contributed by atoms with Gasteiger partial charge in [-0.25, -0.2) is 14.2 Å². The summed E-state index contributed by atoms with van der Waals surface area (Å²) in [5.41, 5.74) is 8.99. The number of nitrogen functional groups attached to an aromatic ring is 1. The number of benzene rings is 2. The van der Waals surface area contributed by atoms with Gasteiger partial charge >= 0.3 is 11.1 Å². The van der Waals surface area contributed by atoms with E-state index in [1.54, 1.807) is 42.5 Å². The SMILES string of the molecule is COc1ccc(Nn2c(=O)c(=O)[nH]c3nn4c(-c5ccc(OC)c(OC)c5)c(C#N)c(N)nc4c32)cc1. The average Bonchev–Trinajstić information content (AvgIpc) is 3.27. The van der Waals surface area contributed by atoms with Crippen LogP contribution in [-0.4, -0.2) is 45.6 Å². The standard InChI is InChI=1S/C24H20N8O5/c1-35-14-7-5-13(6-8-14)29-32-19-21(28-23(33)24(32)34)30-31-18(15(11-25)20(26)27-22(19)31)12-4-9-16(36-2)17(10-12)37-3/h4-10,29H,1-3H3,(H2,26,27)(H,28,30,33). The number of aromatic nitrogens is 5. The predicted octanol–water partition coefficient (Wildman–Crippen LogP) is 1.75. The van der Waals surface area contributed by atoms with Gasteiger partial charge in [-0.2, -0.15) is 5.26 Å². The van der Waals surface area contributed by atoms with Crippen LogP contribution in [-0.2, 0) is 0 Å². The van der Waals surface area contributed by atoms with Gasteiger partial charge in [0.25, 0.3) is 0 Å². The van der Waals surface area contributed by atoms with Crippen LogP contribution in [0.4, 0.5) is 11.5 Å². The number of nitriles is 1. The van der Waals surface area contributed by atoms with Gasteiger partial charge in [0.2, 0.25) is 0 Å². The predicted molar refractivity (Wildman–Crippen MR) is 135 cm³/mol.